The van der Waals surface area contributed by atoms with Crippen LogP contribution in [0.15, 0.2) is 77.6 Å². The molecule has 0 aliphatic carbocycles. The summed E-state index contributed by atoms with van der Waals surface area (Å²) in [5.41, 5.74) is 1.12. The van der Waals surface area contributed by atoms with Crippen molar-refractivity contribution in [2.24, 2.45) is 0 Å². The largest absolute Gasteiger partial charge is 0.268 e. The van der Waals surface area contributed by atoms with Gasteiger partial charge < -0.3 is 0 Å². The first-order valence-electron chi connectivity index (χ1n) is 8.34. The first-order chi connectivity index (χ1) is 13.1. The molecule has 1 heterocycles. The third-order valence-electron chi connectivity index (χ3n) is 4.20. The van der Waals surface area contributed by atoms with Gasteiger partial charge in [-0.25, -0.2) is 13.8 Å². The average molecular weight is 360 g/mol. The molecule has 0 saturated heterocycles. The summed E-state index contributed by atoms with van der Waals surface area (Å²) in [7, 11) is 0. The van der Waals surface area contributed by atoms with E-state index in [4.69, 9.17) is 0 Å². The van der Waals surface area contributed by atoms with Gasteiger partial charge in [-0.1, -0.05) is 30.3 Å². The van der Waals surface area contributed by atoms with Gasteiger partial charge in [0.2, 0.25) is 0 Å². The maximum atomic E-state index is 13.9. The van der Waals surface area contributed by atoms with Crippen molar-refractivity contribution >= 4 is 23.1 Å². The van der Waals surface area contributed by atoms with Crippen LogP contribution in [0, 0.1) is 11.6 Å². The average Bonchev–Trinajstić information content (AvgIpc) is 2.69. The van der Waals surface area contributed by atoms with Crippen LogP contribution in [0.25, 0.3) is 28.7 Å². The molecule has 0 atom stereocenters. The third kappa shape index (κ3) is 3.27. The van der Waals surface area contributed by atoms with Gasteiger partial charge in [0.25, 0.3) is 5.56 Å². The second-order valence-electron chi connectivity index (χ2n) is 5.96. The Morgan fingerprint density at radius 3 is 2.30 bits per heavy atom. The number of benzene rings is 3. The Labute approximate surface area is 153 Å². The van der Waals surface area contributed by atoms with Crippen LogP contribution >= 0.6 is 0 Å². The van der Waals surface area contributed by atoms with E-state index in [1.165, 1.54) is 34.9 Å². The van der Waals surface area contributed by atoms with Gasteiger partial charge in [-0.3, -0.25) is 9.36 Å². The van der Waals surface area contributed by atoms with Crippen LogP contribution in [-0.4, -0.2) is 9.55 Å². The molecule has 4 aromatic rings. The molecule has 0 N–H and O–H groups in total. The highest BCUT2D eigenvalue weighted by Gasteiger charge is 2.11. The Morgan fingerprint density at radius 2 is 1.52 bits per heavy atom. The summed E-state index contributed by atoms with van der Waals surface area (Å²) >= 11 is 0. The van der Waals surface area contributed by atoms with Gasteiger partial charge in [-0.15, -0.1) is 0 Å². The minimum Gasteiger partial charge on any atom is -0.268 e. The molecule has 0 bridgehead atoms. The summed E-state index contributed by atoms with van der Waals surface area (Å²) in [4.78, 5) is 17.6. The predicted octanol–water partition coefficient (Wildman–Crippen LogP) is 4.83. The SMILES string of the molecule is O=c1c2ccccc2nc(C=Cc2ccccc2F)n1-c1ccc(F)cc1. The van der Waals surface area contributed by atoms with Gasteiger partial charge in [0.05, 0.1) is 16.6 Å². The van der Waals surface area contributed by atoms with Gasteiger partial charge >= 0.3 is 0 Å². The van der Waals surface area contributed by atoms with Gasteiger partial charge in [-0.05, 0) is 54.6 Å². The Hall–Kier alpha value is -3.60. The molecule has 0 radical (unpaired) electrons. The van der Waals surface area contributed by atoms with E-state index in [9.17, 15) is 13.6 Å². The fraction of sp³-hybridized carbons (Fsp3) is 0. The van der Waals surface area contributed by atoms with Crippen LogP contribution in [0.1, 0.15) is 11.4 Å². The molecule has 27 heavy (non-hydrogen) atoms. The van der Waals surface area contributed by atoms with Gasteiger partial charge in [0.15, 0.2) is 0 Å². The van der Waals surface area contributed by atoms with Crippen molar-refractivity contribution in [2.45, 2.75) is 0 Å². The van der Waals surface area contributed by atoms with E-state index in [2.05, 4.69) is 4.98 Å². The monoisotopic (exact) mass is 360 g/mol. The first kappa shape index (κ1) is 16.8. The van der Waals surface area contributed by atoms with Crippen molar-refractivity contribution in [3.05, 3.63) is 106 Å². The molecule has 0 saturated carbocycles. The molecule has 4 rings (SSSR count). The zero-order valence-corrected chi connectivity index (χ0v) is 14.1. The van der Waals surface area contributed by atoms with Crippen molar-refractivity contribution in [3.8, 4) is 5.69 Å². The molecule has 3 nitrogen and oxygen atoms in total. The molecule has 3 aromatic carbocycles. The molecular formula is C22H14F2N2O. The minimum absolute atomic E-state index is 0.277. The summed E-state index contributed by atoms with van der Waals surface area (Å²) < 4.78 is 28.6. The smallest absolute Gasteiger partial charge is 0.266 e. The summed E-state index contributed by atoms with van der Waals surface area (Å²) in [6.07, 6.45) is 3.14. The normalized spacial score (nSPS) is 11.3. The second-order valence-corrected chi connectivity index (χ2v) is 5.96. The highest BCUT2D eigenvalue weighted by Crippen LogP contribution is 2.16. The van der Waals surface area contributed by atoms with Crippen LogP contribution in [0.4, 0.5) is 8.78 Å². The van der Waals surface area contributed by atoms with E-state index in [1.54, 1.807) is 54.6 Å². The Bertz CT molecular complexity index is 1210. The van der Waals surface area contributed by atoms with E-state index in [0.717, 1.165) is 0 Å². The van der Waals surface area contributed by atoms with Gasteiger partial charge in [-0.2, -0.15) is 0 Å². The number of hydrogen-bond donors (Lipinski definition) is 0. The van der Waals surface area contributed by atoms with Crippen molar-refractivity contribution < 1.29 is 8.78 Å². The Kier molecular flexibility index (Phi) is 4.34. The maximum absolute atomic E-state index is 13.9. The second kappa shape index (κ2) is 6.96. The van der Waals surface area contributed by atoms with Crippen LogP contribution < -0.4 is 5.56 Å². The van der Waals surface area contributed by atoms with Crippen LogP contribution in [0.3, 0.4) is 0 Å². The molecule has 0 spiro atoms. The van der Waals surface area contributed by atoms with E-state index >= 15 is 0 Å². The third-order valence-corrected chi connectivity index (χ3v) is 4.20. The lowest BCUT2D eigenvalue weighted by Crippen LogP contribution is -2.22. The number of aromatic nitrogens is 2. The number of fused-ring (bicyclic) bond motifs is 1. The fourth-order valence-corrected chi connectivity index (χ4v) is 2.88. The molecule has 0 amide bonds. The lowest BCUT2D eigenvalue weighted by Gasteiger charge is -2.11. The van der Waals surface area contributed by atoms with Crippen LogP contribution in [0.2, 0.25) is 0 Å². The Morgan fingerprint density at radius 1 is 0.815 bits per heavy atom. The van der Waals surface area contributed by atoms with Crippen LogP contribution in [0.5, 0.6) is 0 Å². The quantitative estimate of drug-likeness (QED) is 0.524. The molecule has 5 heteroatoms. The fourth-order valence-electron chi connectivity index (χ4n) is 2.88. The van der Waals surface area contributed by atoms with E-state index in [1.807, 2.05) is 0 Å². The van der Waals surface area contributed by atoms with Crippen molar-refractivity contribution in [3.63, 3.8) is 0 Å². The van der Waals surface area contributed by atoms with Crippen molar-refractivity contribution in [2.75, 3.05) is 0 Å². The summed E-state index contributed by atoms with van der Waals surface area (Å²) in [6, 6.07) is 18.9. The van der Waals surface area contributed by atoms with Crippen molar-refractivity contribution in [1.82, 2.24) is 9.55 Å². The van der Waals surface area contributed by atoms with Gasteiger partial charge in [0.1, 0.15) is 17.5 Å². The number of para-hydroxylation sites is 1. The lowest BCUT2D eigenvalue weighted by atomic mass is 10.2. The zero-order valence-electron chi connectivity index (χ0n) is 14.1. The summed E-state index contributed by atoms with van der Waals surface area (Å²) in [5, 5.41) is 0.449. The number of hydrogen-bond acceptors (Lipinski definition) is 2. The minimum atomic E-state index is -0.399. The van der Waals surface area contributed by atoms with Crippen molar-refractivity contribution in [1.29, 1.82) is 0 Å². The van der Waals surface area contributed by atoms with E-state index < -0.39 is 5.82 Å². The maximum Gasteiger partial charge on any atom is 0.266 e. The summed E-state index contributed by atoms with van der Waals surface area (Å²) in [5.74, 6) is -0.442. The highest BCUT2D eigenvalue weighted by molar-refractivity contribution is 5.80. The highest BCUT2D eigenvalue weighted by atomic mass is 19.1. The van der Waals surface area contributed by atoms with E-state index in [0.29, 0.717) is 28.0 Å². The molecule has 1 aromatic heterocycles. The molecule has 132 valence electrons. The van der Waals surface area contributed by atoms with Gasteiger partial charge in [0, 0.05) is 5.56 Å². The van der Waals surface area contributed by atoms with E-state index in [-0.39, 0.29) is 11.4 Å². The zero-order chi connectivity index (χ0) is 18.8. The number of rotatable bonds is 3. The molecular weight excluding hydrogens is 346 g/mol. The molecule has 0 unspecified atom stereocenters. The standard InChI is InChI=1S/C22H14F2N2O/c23-16-10-12-17(13-11-16)26-21(14-9-15-5-1-3-7-19(15)24)25-20-8-4-2-6-18(20)22(26)27/h1-14H. The molecule has 0 fully saturated rings. The molecule has 0 aliphatic heterocycles. The first-order valence-corrected chi connectivity index (χ1v) is 8.34. The molecule has 0 aliphatic rings. The lowest BCUT2D eigenvalue weighted by molar-refractivity contribution is 0.625. The number of halogens is 2. The number of nitrogens with zero attached hydrogens (tertiary/aromatic N) is 2. The predicted molar refractivity (Wildman–Crippen MR) is 103 cm³/mol. The topological polar surface area (TPSA) is 34.9 Å². The van der Waals surface area contributed by atoms with Crippen LogP contribution in [-0.2, 0) is 0 Å². The summed E-state index contributed by atoms with van der Waals surface area (Å²) in [6.45, 7) is 0. The Balaban J connectivity index is 1.95.